The summed E-state index contributed by atoms with van der Waals surface area (Å²) in [5.41, 5.74) is 2.58. The van der Waals surface area contributed by atoms with E-state index >= 15 is 0 Å². The lowest BCUT2D eigenvalue weighted by molar-refractivity contribution is -0.126. The third-order valence-electron chi connectivity index (χ3n) is 2.82. The van der Waals surface area contributed by atoms with E-state index < -0.39 is 0 Å². The van der Waals surface area contributed by atoms with Crippen molar-refractivity contribution >= 4 is 5.57 Å². The summed E-state index contributed by atoms with van der Waals surface area (Å²) in [7, 11) is 0. The van der Waals surface area contributed by atoms with Gasteiger partial charge in [0.1, 0.15) is 0 Å². The number of ether oxygens (including phenoxy) is 2. The highest BCUT2D eigenvalue weighted by molar-refractivity contribution is 5.62. The highest BCUT2D eigenvalue weighted by Gasteiger charge is 2.33. The van der Waals surface area contributed by atoms with E-state index in [0.717, 1.165) is 25.4 Å². The molecule has 0 unspecified atom stereocenters. The lowest BCUT2D eigenvalue weighted by atomic mass is 9.90. The fraction of sp³-hybridized carbons (Fsp3) is 0.429. The summed E-state index contributed by atoms with van der Waals surface area (Å²) in [6.07, 6.45) is 1.85. The van der Waals surface area contributed by atoms with Crippen molar-refractivity contribution < 1.29 is 9.47 Å². The smallest absolute Gasteiger partial charge is 0.0971 e. The second-order valence-corrected chi connectivity index (χ2v) is 4.78. The maximum Gasteiger partial charge on any atom is 0.0971 e. The van der Waals surface area contributed by atoms with Gasteiger partial charge >= 0.3 is 0 Å². The van der Waals surface area contributed by atoms with Gasteiger partial charge in [-0.25, -0.2) is 0 Å². The molecule has 1 aromatic carbocycles. The summed E-state index contributed by atoms with van der Waals surface area (Å²) in [6.45, 7) is 6.60. The van der Waals surface area contributed by atoms with Gasteiger partial charge in [-0.2, -0.15) is 0 Å². The van der Waals surface area contributed by atoms with Crippen LogP contribution in [-0.4, -0.2) is 19.8 Å². The third kappa shape index (κ3) is 2.64. The van der Waals surface area contributed by atoms with Crippen LogP contribution in [0.15, 0.2) is 36.6 Å². The summed E-state index contributed by atoms with van der Waals surface area (Å²) in [5, 5.41) is 0. The molecule has 0 aliphatic carbocycles. The Balaban J connectivity index is 1.87. The molecule has 0 aromatic heterocycles. The van der Waals surface area contributed by atoms with E-state index in [1.807, 2.05) is 24.5 Å². The lowest BCUT2D eigenvalue weighted by Gasteiger charge is -2.37. The van der Waals surface area contributed by atoms with Crippen molar-refractivity contribution in [1.29, 1.82) is 0 Å². The molecule has 1 aliphatic heterocycles. The predicted molar refractivity (Wildman–Crippen MR) is 65.0 cm³/mol. The largest absolute Gasteiger partial charge is 0.500 e. The molecule has 2 rings (SSSR count). The molecule has 0 spiro atoms. The Morgan fingerprint density at radius 3 is 2.62 bits per heavy atom. The molecule has 1 heterocycles. The van der Waals surface area contributed by atoms with E-state index in [-0.39, 0.29) is 5.41 Å². The molecule has 1 saturated heterocycles. The van der Waals surface area contributed by atoms with Gasteiger partial charge in [-0.1, -0.05) is 37.3 Å². The van der Waals surface area contributed by atoms with E-state index in [9.17, 15) is 0 Å². The maximum atomic E-state index is 5.61. The standard InChI is InChI=1S/C14H18O2/c1-12(13-6-4-3-5-7-13)8-15-9-14(2)10-16-11-14/h3-8H,9-11H2,1-2H3/b12-8-. The van der Waals surface area contributed by atoms with Gasteiger partial charge in [0.2, 0.25) is 0 Å². The second kappa shape index (κ2) is 4.71. The molecule has 2 nitrogen and oxygen atoms in total. The first-order valence-corrected chi connectivity index (χ1v) is 5.61. The normalized spacial score (nSPS) is 19.0. The fourth-order valence-corrected chi connectivity index (χ4v) is 1.67. The summed E-state index contributed by atoms with van der Waals surface area (Å²) in [6, 6.07) is 10.3. The summed E-state index contributed by atoms with van der Waals surface area (Å²) in [4.78, 5) is 0. The molecule has 0 radical (unpaired) electrons. The Kier molecular flexibility index (Phi) is 3.30. The zero-order chi connectivity index (χ0) is 11.4. The van der Waals surface area contributed by atoms with Crippen molar-refractivity contribution in [2.75, 3.05) is 19.8 Å². The average molecular weight is 218 g/mol. The molecule has 0 atom stereocenters. The molecule has 0 bridgehead atoms. The monoisotopic (exact) mass is 218 g/mol. The highest BCUT2D eigenvalue weighted by Crippen LogP contribution is 2.27. The first kappa shape index (κ1) is 11.2. The van der Waals surface area contributed by atoms with Crippen LogP contribution in [0.4, 0.5) is 0 Å². The zero-order valence-electron chi connectivity index (χ0n) is 9.90. The second-order valence-electron chi connectivity index (χ2n) is 4.78. The van der Waals surface area contributed by atoms with E-state index in [1.165, 1.54) is 5.56 Å². The highest BCUT2D eigenvalue weighted by atomic mass is 16.5. The summed E-state index contributed by atoms with van der Waals surface area (Å²) >= 11 is 0. The third-order valence-corrected chi connectivity index (χ3v) is 2.82. The van der Waals surface area contributed by atoms with Crippen molar-refractivity contribution in [1.82, 2.24) is 0 Å². The molecule has 86 valence electrons. The Hall–Kier alpha value is -1.28. The molecule has 1 aromatic rings. The van der Waals surface area contributed by atoms with Crippen molar-refractivity contribution in [2.24, 2.45) is 5.41 Å². The van der Waals surface area contributed by atoms with Gasteiger partial charge in [0, 0.05) is 5.41 Å². The van der Waals surface area contributed by atoms with Gasteiger partial charge in [-0.15, -0.1) is 0 Å². The molecule has 0 amide bonds. The van der Waals surface area contributed by atoms with Crippen molar-refractivity contribution in [3.05, 3.63) is 42.2 Å². The number of hydrogen-bond donors (Lipinski definition) is 0. The Morgan fingerprint density at radius 2 is 2.06 bits per heavy atom. The Morgan fingerprint density at radius 1 is 1.38 bits per heavy atom. The van der Waals surface area contributed by atoms with Crippen LogP contribution >= 0.6 is 0 Å². The van der Waals surface area contributed by atoms with Crippen LogP contribution in [0.2, 0.25) is 0 Å². The van der Waals surface area contributed by atoms with Gasteiger partial charge in [-0.05, 0) is 18.1 Å². The number of allylic oxidation sites excluding steroid dienone is 1. The molecule has 1 aliphatic rings. The SMILES string of the molecule is C/C(=C/OCC1(C)COC1)c1ccccc1. The van der Waals surface area contributed by atoms with Crippen LogP contribution in [0.1, 0.15) is 19.4 Å². The zero-order valence-corrected chi connectivity index (χ0v) is 9.90. The predicted octanol–water partition coefficient (Wildman–Crippen LogP) is 3.10. The van der Waals surface area contributed by atoms with Gasteiger partial charge in [0.25, 0.3) is 0 Å². The molecule has 0 saturated carbocycles. The quantitative estimate of drug-likeness (QED) is 0.723. The number of rotatable bonds is 4. The molecule has 2 heteroatoms. The van der Waals surface area contributed by atoms with Gasteiger partial charge in [0.05, 0.1) is 26.1 Å². The molecule has 1 fully saturated rings. The van der Waals surface area contributed by atoms with Gasteiger partial charge in [-0.3, -0.25) is 0 Å². The van der Waals surface area contributed by atoms with E-state index in [2.05, 4.69) is 26.0 Å². The van der Waals surface area contributed by atoms with Gasteiger partial charge in [0.15, 0.2) is 0 Å². The van der Waals surface area contributed by atoms with Crippen LogP contribution in [-0.2, 0) is 9.47 Å². The summed E-state index contributed by atoms with van der Waals surface area (Å²) < 4.78 is 10.8. The van der Waals surface area contributed by atoms with Gasteiger partial charge < -0.3 is 9.47 Å². The average Bonchev–Trinajstić information content (AvgIpc) is 2.28. The molecular formula is C14H18O2. The topological polar surface area (TPSA) is 18.5 Å². The minimum Gasteiger partial charge on any atom is -0.500 e. The van der Waals surface area contributed by atoms with Crippen LogP contribution in [0.3, 0.4) is 0 Å². The summed E-state index contributed by atoms with van der Waals surface area (Å²) in [5.74, 6) is 0. The van der Waals surface area contributed by atoms with Crippen molar-refractivity contribution in [3.8, 4) is 0 Å². The fourth-order valence-electron chi connectivity index (χ4n) is 1.67. The minimum atomic E-state index is 0.216. The van der Waals surface area contributed by atoms with Crippen molar-refractivity contribution in [2.45, 2.75) is 13.8 Å². The molecule has 16 heavy (non-hydrogen) atoms. The van der Waals surface area contributed by atoms with Crippen LogP contribution in [0.5, 0.6) is 0 Å². The Bertz CT molecular complexity index is 364. The van der Waals surface area contributed by atoms with E-state index in [4.69, 9.17) is 9.47 Å². The first-order valence-electron chi connectivity index (χ1n) is 5.61. The maximum absolute atomic E-state index is 5.61. The van der Waals surface area contributed by atoms with Crippen LogP contribution in [0.25, 0.3) is 5.57 Å². The lowest BCUT2D eigenvalue weighted by Crippen LogP contribution is -2.43. The minimum absolute atomic E-state index is 0.216. The van der Waals surface area contributed by atoms with Crippen molar-refractivity contribution in [3.63, 3.8) is 0 Å². The van der Waals surface area contributed by atoms with Crippen LogP contribution in [0, 0.1) is 5.41 Å². The number of benzene rings is 1. The first-order chi connectivity index (χ1) is 7.70. The number of hydrogen-bond acceptors (Lipinski definition) is 2. The molecular weight excluding hydrogens is 200 g/mol. The Labute approximate surface area is 96.9 Å². The molecule has 0 N–H and O–H groups in total. The van der Waals surface area contributed by atoms with E-state index in [0.29, 0.717) is 0 Å². The van der Waals surface area contributed by atoms with E-state index in [1.54, 1.807) is 0 Å². The van der Waals surface area contributed by atoms with Crippen LogP contribution < -0.4 is 0 Å².